The molecule has 1 atom stereocenters. The highest BCUT2D eigenvalue weighted by atomic mass is 16.1. The van der Waals surface area contributed by atoms with E-state index in [2.05, 4.69) is 27.2 Å². The van der Waals surface area contributed by atoms with Crippen molar-refractivity contribution in [3.63, 3.8) is 0 Å². The number of nitrogens with one attached hydrogen (secondary N) is 3. The molecule has 1 amide bonds. The molecule has 0 fully saturated rings. The highest BCUT2D eigenvalue weighted by Crippen LogP contribution is 2.21. The normalized spacial score (nSPS) is 12.5. The van der Waals surface area contributed by atoms with Crippen LogP contribution in [0.3, 0.4) is 0 Å². The Morgan fingerprint density at radius 2 is 1.64 bits per heavy atom. The SMILES string of the molecule is CCCCCC(=O)NC(Cc1nc2ccccc2[nH]1)c1nc2ccccc2[nH]1. The summed E-state index contributed by atoms with van der Waals surface area (Å²) in [6, 6.07) is 15.6. The molecule has 6 heteroatoms. The summed E-state index contributed by atoms with van der Waals surface area (Å²) in [7, 11) is 0. The summed E-state index contributed by atoms with van der Waals surface area (Å²) in [6.45, 7) is 2.14. The zero-order valence-corrected chi connectivity index (χ0v) is 16.0. The van der Waals surface area contributed by atoms with Gasteiger partial charge in [-0.1, -0.05) is 44.0 Å². The maximum absolute atomic E-state index is 12.5. The standard InChI is InChI=1S/C22H25N5O/c1-2-3-4-13-21(28)25-19(22-26-17-11-7-8-12-18(17)27-22)14-20-23-15-9-5-6-10-16(15)24-20/h5-12,19H,2-4,13-14H2,1H3,(H,23,24)(H,25,28)(H,26,27). The van der Waals surface area contributed by atoms with E-state index in [-0.39, 0.29) is 11.9 Å². The van der Waals surface area contributed by atoms with Crippen LogP contribution in [0.2, 0.25) is 0 Å². The minimum absolute atomic E-state index is 0.0509. The lowest BCUT2D eigenvalue weighted by Gasteiger charge is -2.15. The number of imidazole rings is 2. The number of benzene rings is 2. The smallest absolute Gasteiger partial charge is 0.220 e. The molecule has 4 rings (SSSR count). The monoisotopic (exact) mass is 375 g/mol. The lowest BCUT2D eigenvalue weighted by molar-refractivity contribution is -0.122. The Labute approximate surface area is 163 Å². The number of hydrogen-bond acceptors (Lipinski definition) is 3. The molecule has 0 spiro atoms. The number of amides is 1. The fraction of sp³-hybridized carbons (Fsp3) is 0.318. The summed E-state index contributed by atoms with van der Waals surface area (Å²) in [5.41, 5.74) is 3.78. The van der Waals surface area contributed by atoms with Crippen molar-refractivity contribution in [2.24, 2.45) is 0 Å². The summed E-state index contributed by atoms with van der Waals surface area (Å²) in [5.74, 6) is 1.64. The van der Waals surface area contributed by atoms with Crippen LogP contribution in [0.5, 0.6) is 0 Å². The van der Waals surface area contributed by atoms with E-state index >= 15 is 0 Å². The fourth-order valence-corrected chi connectivity index (χ4v) is 3.45. The Bertz CT molecular complexity index is 1010. The Kier molecular flexibility index (Phi) is 5.37. The Hall–Kier alpha value is -3.15. The van der Waals surface area contributed by atoms with Crippen LogP contribution in [0.1, 0.15) is 50.3 Å². The number of H-pyrrole nitrogens is 2. The predicted octanol–water partition coefficient (Wildman–Crippen LogP) is 4.42. The molecule has 0 saturated heterocycles. The van der Waals surface area contributed by atoms with Gasteiger partial charge in [-0.05, 0) is 30.7 Å². The maximum Gasteiger partial charge on any atom is 0.220 e. The first-order valence-corrected chi connectivity index (χ1v) is 9.90. The molecule has 4 aromatic rings. The van der Waals surface area contributed by atoms with Crippen LogP contribution in [0.25, 0.3) is 22.1 Å². The molecule has 1 unspecified atom stereocenters. The van der Waals surface area contributed by atoms with Crippen LogP contribution in [-0.4, -0.2) is 25.8 Å². The van der Waals surface area contributed by atoms with Crippen LogP contribution in [0.15, 0.2) is 48.5 Å². The number of rotatable bonds is 8. The predicted molar refractivity (Wildman–Crippen MR) is 111 cm³/mol. The van der Waals surface area contributed by atoms with E-state index in [0.717, 1.165) is 53.0 Å². The fourth-order valence-electron chi connectivity index (χ4n) is 3.45. The molecule has 0 aliphatic rings. The summed E-state index contributed by atoms with van der Waals surface area (Å²) in [4.78, 5) is 28.6. The minimum Gasteiger partial charge on any atom is -0.346 e. The molecule has 0 aliphatic heterocycles. The lowest BCUT2D eigenvalue weighted by Crippen LogP contribution is -2.30. The first-order chi connectivity index (χ1) is 13.7. The van der Waals surface area contributed by atoms with Crippen LogP contribution in [0.4, 0.5) is 0 Å². The van der Waals surface area contributed by atoms with Gasteiger partial charge in [0.1, 0.15) is 11.6 Å². The van der Waals surface area contributed by atoms with Gasteiger partial charge in [0.2, 0.25) is 5.91 Å². The number of aromatic amines is 2. The molecular weight excluding hydrogens is 350 g/mol. The molecule has 0 saturated carbocycles. The van der Waals surface area contributed by atoms with Crippen molar-refractivity contribution in [2.45, 2.75) is 45.1 Å². The molecule has 3 N–H and O–H groups in total. The third-order valence-electron chi connectivity index (χ3n) is 4.92. The zero-order valence-electron chi connectivity index (χ0n) is 16.0. The van der Waals surface area contributed by atoms with E-state index in [0.29, 0.717) is 12.8 Å². The highest BCUT2D eigenvalue weighted by molar-refractivity contribution is 5.78. The average molecular weight is 375 g/mol. The summed E-state index contributed by atoms with van der Waals surface area (Å²) >= 11 is 0. The van der Waals surface area contributed by atoms with Gasteiger partial charge in [0.05, 0.1) is 28.1 Å². The van der Waals surface area contributed by atoms with Crippen molar-refractivity contribution in [1.82, 2.24) is 25.3 Å². The van der Waals surface area contributed by atoms with Crippen molar-refractivity contribution < 1.29 is 4.79 Å². The van der Waals surface area contributed by atoms with Gasteiger partial charge in [-0.25, -0.2) is 9.97 Å². The zero-order chi connectivity index (χ0) is 19.3. The molecule has 2 heterocycles. The van der Waals surface area contributed by atoms with Crippen molar-refractivity contribution in [2.75, 3.05) is 0 Å². The number of nitrogens with zero attached hydrogens (tertiary/aromatic N) is 2. The van der Waals surface area contributed by atoms with Gasteiger partial charge in [0.15, 0.2) is 0 Å². The average Bonchev–Trinajstić information content (AvgIpc) is 3.31. The summed E-state index contributed by atoms with van der Waals surface area (Å²) in [5, 5.41) is 3.15. The number of carbonyl (C=O) groups excluding carboxylic acids is 1. The van der Waals surface area contributed by atoms with Gasteiger partial charge >= 0.3 is 0 Å². The second-order valence-electron chi connectivity index (χ2n) is 7.12. The number of aromatic nitrogens is 4. The molecule has 6 nitrogen and oxygen atoms in total. The Morgan fingerprint density at radius 3 is 2.32 bits per heavy atom. The molecule has 0 bridgehead atoms. The molecule has 0 aliphatic carbocycles. The minimum atomic E-state index is -0.262. The molecular formula is C22H25N5O. The van der Waals surface area contributed by atoms with Gasteiger partial charge in [-0.15, -0.1) is 0 Å². The van der Waals surface area contributed by atoms with Gasteiger partial charge in [0.25, 0.3) is 0 Å². The highest BCUT2D eigenvalue weighted by Gasteiger charge is 2.20. The largest absolute Gasteiger partial charge is 0.346 e. The van der Waals surface area contributed by atoms with E-state index in [9.17, 15) is 4.79 Å². The van der Waals surface area contributed by atoms with E-state index in [1.165, 1.54) is 0 Å². The van der Waals surface area contributed by atoms with E-state index < -0.39 is 0 Å². The topological polar surface area (TPSA) is 86.5 Å². The van der Waals surface area contributed by atoms with Crippen molar-refractivity contribution in [3.8, 4) is 0 Å². The number of fused-ring (bicyclic) bond motifs is 2. The molecule has 0 radical (unpaired) electrons. The van der Waals surface area contributed by atoms with Gasteiger partial charge in [0, 0.05) is 12.8 Å². The van der Waals surface area contributed by atoms with Crippen molar-refractivity contribution in [1.29, 1.82) is 0 Å². The van der Waals surface area contributed by atoms with Crippen LogP contribution < -0.4 is 5.32 Å². The van der Waals surface area contributed by atoms with Crippen LogP contribution >= 0.6 is 0 Å². The van der Waals surface area contributed by atoms with E-state index in [4.69, 9.17) is 4.98 Å². The third kappa shape index (κ3) is 4.06. The number of para-hydroxylation sites is 4. The lowest BCUT2D eigenvalue weighted by atomic mass is 10.1. The summed E-state index contributed by atoms with van der Waals surface area (Å²) in [6.07, 6.45) is 4.14. The van der Waals surface area contributed by atoms with E-state index in [1.807, 2.05) is 48.5 Å². The van der Waals surface area contributed by atoms with Crippen LogP contribution in [-0.2, 0) is 11.2 Å². The van der Waals surface area contributed by atoms with Crippen molar-refractivity contribution in [3.05, 3.63) is 60.2 Å². The first-order valence-electron chi connectivity index (χ1n) is 9.90. The number of unbranched alkanes of at least 4 members (excludes halogenated alkanes) is 2. The second kappa shape index (κ2) is 8.25. The van der Waals surface area contributed by atoms with Gasteiger partial charge in [-0.2, -0.15) is 0 Å². The Balaban J connectivity index is 1.59. The maximum atomic E-state index is 12.5. The molecule has 28 heavy (non-hydrogen) atoms. The number of hydrogen-bond donors (Lipinski definition) is 3. The second-order valence-corrected chi connectivity index (χ2v) is 7.12. The Morgan fingerprint density at radius 1 is 0.964 bits per heavy atom. The first kappa shape index (κ1) is 18.2. The van der Waals surface area contributed by atoms with Crippen LogP contribution in [0, 0.1) is 0 Å². The van der Waals surface area contributed by atoms with Gasteiger partial charge < -0.3 is 15.3 Å². The molecule has 2 aromatic carbocycles. The third-order valence-corrected chi connectivity index (χ3v) is 4.92. The quantitative estimate of drug-likeness (QED) is 0.398. The number of carbonyl (C=O) groups is 1. The van der Waals surface area contributed by atoms with Gasteiger partial charge in [-0.3, -0.25) is 4.79 Å². The molecule has 2 aromatic heterocycles. The van der Waals surface area contributed by atoms with Crippen molar-refractivity contribution >= 4 is 28.0 Å². The summed E-state index contributed by atoms with van der Waals surface area (Å²) < 4.78 is 0. The van der Waals surface area contributed by atoms with E-state index in [1.54, 1.807) is 0 Å². The molecule has 144 valence electrons.